The summed E-state index contributed by atoms with van der Waals surface area (Å²) in [4.78, 5) is 14.2. The summed E-state index contributed by atoms with van der Waals surface area (Å²) < 4.78 is 0. The van der Waals surface area contributed by atoms with Gasteiger partial charge in [0.1, 0.15) is 0 Å². The molecule has 2 amide bonds. The van der Waals surface area contributed by atoms with Crippen molar-refractivity contribution in [3.05, 3.63) is 28.2 Å². The Hall–Kier alpha value is -0.970. The number of anilines is 1. The zero-order valence-electron chi connectivity index (χ0n) is 11.5. The molecule has 1 aromatic rings. The monoisotopic (exact) mass is 315 g/mol. The Morgan fingerprint density at radius 1 is 1.45 bits per heavy atom. The summed E-state index contributed by atoms with van der Waals surface area (Å²) >= 11 is 11.8. The normalized spacial score (nSPS) is 18.6. The lowest BCUT2D eigenvalue weighted by atomic mass is 10.1. The van der Waals surface area contributed by atoms with E-state index < -0.39 is 0 Å². The molecule has 1 aromatic carbocycles. The van der Waals surface area contributed by atoms with E-state index in [-0.39, 0.29) is 12.1 Å². The van der Waals surface area contributed by atoms with Gasteiger partial charge in [-0.2, -0.15) is 0 Å². The molecule has 110 valence electrons. The lowest BCUT2D eigenvalue weighted by Crippen LogP contribution is -2.50. The quantitative estimate of drug-likeness (QED) is 0.895. The topological polar surface area (TPSA) is 44.4 Å². The Bertz CT molecular complexity index is 475. The van der Waals surface area contributed by atoms with Crippen molar-refractivity contribution in [2.24, 2.45) is 0 Å². The largest absolute Gasteiger partial charge is 0.322 e. The van der Waals surface area contributed by atoms with Gasteiger partial charge in [0.15, 0.2) is 0 Å². The van der Waals surface area contributed by atoms with Crippen molar-refractivity contribution in [1.82, 2.24) is 10.2 Å². The summed E-state index contributed by atoms with van der Waals surface area (Å²) in [5.41, 5.74) is 0.659. The summed E-state index contributed by atoms with van der Waals surface area (Å²) in [7, 11) is 0. The molecule has 4 nitrogen and oxygen atoms in total. The van der Waals surface area contributed by atoms with Crippen LogP contribution in [0, 0.1) is 0 Å². The Kier molecular flexibility index (Phi) is 5.52. The third-order valence-electron chi connectivity index (χ3n) is 3.48. The number of carbonyl (C=O) groups is 1. The van der Waals surface area contributed by atoms with Crippen LogP contribution in [-0.4, -0.2) is 36.6 Å². The molecule has 0 bridgehead atoms. The second kappa shape index (κ2) is 7.16. The molecule has 1 saturated heterocycles. The van der Waals surface area contributed by atoms with Crippen LogP contribution < -0.4 is 10.6 Å². The van der Waals surface area contributed by atoms with E-state index in [9.17, 15) is 4.79 Å². The van der Waals surface area contributed by atoms with Gasteiger partial charge in [-0.25, -0.2) is 4.79 Å². The zero-order chi connectivity index (χ0) is 14.5. The number of rotatable bonds is 3. The van der Waals surface area contributed by atoms with E-state index >= 15 is 0 Å². The van der Waals surface area contributed by atoms with E-state index in [1.54, 1.807) is 18.2 Å². The molecule has 2 N–H and O–H groups in total. The van der Waals surface area contributed by atoms with E-state index in [1.165, 1.54) is 0 Å². The van der Waals surface area contributed by atoms with Crippen molar-refractivity contribution in [3.8, 4) is 0 Å². The van der Waals surface area contributed by atoms with Gasteiger partial charge in [0.25, 0.3) is 0 Å². The van der Waals surface area contributed by atoms with Gasteiger partial charge < -0.3 is 15.5 Å². The molecule has 0 aliphatic carbocycles. The van der Waals surface area contributed by atoms with Gasteiger partial charge in [-0.15, -0.1) is 0 Å². The summed E-state index contributed by atoms with van der Waals surface area (Å²) in [6, 6.07) is 5.24. The maximum Gasteiger partial charge on any atom is 0.322 e. The van der Waals surface area contributed by atoms with Crippen molar-refractivity contribution >= 4 is 34.9 Å². The molecule has 1 aliphatic rings. The molecule has 1 atom stereocenters. The SMILES string of the molecule is CCN(C(=O)Nc1ccc(Cl)c(Cl)c1)C1CCCNC1. The number of urea groups is 1. The standard InChI is InChI=1S/C14H19Cl2N3O/c1-2-19(11-4-3-7-17-9-11)14(20)18-10-5-6-12(15)13(16)8-10/h5-6,8,11,17H,2-4,7,9H2,1H3,(H,18,20). The molecular formula is C14H19Cl2N3O. The van der Waals surface area contributed by atoms with E-state index in [4.69, 9.17) is 23.2 Å². The Labute approximate surface area is 129 Å². The smallest absolute Gasteiger partial charge is 0.321 e. The molecule has 20 heavy (non-hydrogen) atoms. The lowest BCUT2D eigenvalue weighted by molar-refractivity contribution is 0.177. The summed E-state index contributed by atoms with van der Waals surface area (Å²) in [5, 5.41) is 7.12. The first-order chi connectivity index (χ1) is 9.61. The number of amides is 2. The molecule has 1 heterocycles. The number of hydrogen-bond donors (Lipinski definition) is 2. The Morgan fingerprint density at radius 2 is 2.25 bits per heavy atom. The fourth-order valence-electron chi connectivity index (χ4n) is 2.44. The average molecular weight is 316 g/mol. The van der Waals surface area contributed by atoms with Gasteiger partial charge in [-0.1, -0.05) is 23.2 Å². The second-order valence-electron chi connectivity index (χ2n) is 4.85. The minimum atomic E-state index is -0.0976. The highest BCUT2D eigenvalue weighted by Gasteiger charge is 2.24. The first-order valence-corrected chi connectivity index (χ1v) is 7.60. The Morgan fingerprint density at radius 3 is 2.85 bits per heavy atom. The maximum atomic E-state index is 12.4. The predicted molar refractivity (Wildman–Crippen MR) is 83.8 cm³/mol. The van der Waals surface area contributed by atoms with Crippen LogP contribution in [-0.2, 0) is 0 Å². The molecule has 1 aliphatic heterocycles. The number of carbonyl (C=O) groups excluding carboxylic acids is 1. The van der Waals surface area contributed by atoms with E-state index in [0.717, 1.165) is 25.9 Å². The maximum absolute atomic E-state index is 12.4. The van der Waals surface area contributed by atoms with E-state index in [0.29, 0.717) is 22.3 Å². The van der Waals surface area contributed by atoms with Gasteiger partial charge in [-0.05, 0) is 44.5 Å². The molecule has 0 spiro atoms. The molecule has 0 aromatic heterocycles. The summed E-state index contributed by atoms with van der Waals surface area (Å²) in [5.74, 6) is 0. The number of halogens is 2. The molecule has 6 heteroatoms. The van der Waals surface area contributed by atoms with Crippen LogP contribution in [0.5, 0.6) is 0 Å². The molecule has 0 radical (unpaired) electrons. The second-order valence-corrected chi connectivity index (χ2v) is 5.66. The summed E-state index contributed by atoms with van der Waals surface area (Å²) in [6.45, 7) is 4.55. The van der Waals surface area contributed by atoms with Crippen molar-refractivity contribution in [3.63, 3.8) is 0 Å². The molecule has 1 unspecified atom stereocenters. The highest BCUT2D eigenvalue weighted by Crippen LogP contribution is 2.25. The number of likely N-dealkylation sites (N-methyl/N-ethyl adjacent to an activating group) is 1. The predicted octanol–water partition coefficient (Wildman–Crippen LogP) is 3.60. The van der Waals surface area contributed by atoms with Crippen LogP contribution in [0.3, 0.4) is 0 Å². The minimum absolute atomic E-state index is 0.0976. The van der Waals surface area contributed by atoms with Crippen molar-refractivity contribution < 1.29 is 4.79 Å². The van der Waals surface area contributed by atoms with Crippen molar-refractivity contribution in [2.45, 2.75) is 25.8 Å². The zero-order valence-corrected chi connectivity index (χ0v) is 13.0. The van der Waals surface area contributed by atoms with Crippen LogP contribution >= 0.6 is 23.2 Å². The fraction of sp³-hybridized carbons (Fsp3) is 0.500. The van der Waals surface area contributed by atoms with Crippen LogP contribution in [0.2, 0.25) is 10.0 Å². The number of nitrogens with one attached hydrogen (secondary N) is 2. The van der Waals surface area contributed by atoms with Crippen LogP contribution in [0.4, 0.5) is 10.5 Å². The first kappa shape index (κ1) is 15.4. The van der Waals surface area contributed by atoms with Crippen LogP contribution in [0.25, 0.3) is 0 Å². The number of benzene rings is 1. The summed E-state index contributed by atoms with van der Waals surface area (Å²) in [6.07, 6.45) is 2.14. The highest BCUT2D eigenvalue weighted by molar-refractivity contribution is 6.42. The molecular weight excluding hydrogens is 297 g/mol. The van der Waals surface area contributed by atoms with E-state index in [1.807, 2.05) is 11.8 Å². The van der Waals surface area contributed by atoms with Gasteiger partial charge in [0, 0.05) is 24.8 Å². The number of piperidine rings is 1. The average Bonchev–Trinajstić information content (AvgIpc) is 2.45. The van der Waals surface area contributed by atoms with E-state index in [2.05, 4.69) is 10.6 Å². The van der Waals surface area contributed by atoms with Crippen LogP contribution in [0.15, 0.2) is 18.2 Å². The third kappa shape index (κ3) is 3.78. The van der Waals surface area contributed by atoms with Crippen LogP contribution in [0.1, 0.15) is 19.8 Å². The molecule has 2 rings (SSSR count). The van der Waals surface area contributed by atoms with Gasteiger partial charge in [0.2, 0.25) is 0 Å². The molecule has 0 saturated carbocycles. The first-order valence-electron chi connectivity index (χ1n) is 6.85. The van der Waals surface area contributed by atoms with Gasteiger partial charge >= 0.3 is 6.03 Å². The van der Waals surface area contributed by atoms with Gasteiger partial charge in [-0.3, -0.25) is 0 Å². The number of hydrogen-bond acceptors (Lipinski definition) is 2. The van der Waals surface area contributed by atoms with Crippen molar-refractivity contribution in [2.75, 3.05) is 25.0 Å². The fourth-order valence-corrected chi connectivity index (χ4v) is 2.73. The van der Waals surface area contributed by atoms with Crippen molar-refractivity contribution in [1.29, 1.82) is 0 Å². The van der Waals surface area contributed by atoms with Gasteiger partial charge in [0.05, 0.1) is 10.0 Å². The highest BCUT2D eigenvalue weighted by atomic mass is 35.5. The third-order valence-corrected chi connectivity index (χ3v) is 4.22. The molecule has 1 fully saturated rings. The minimum Gasteiger partial charge on any atom is -0.321 e. The Balaban J connectivity index is 2.02. The lowest BCUT2D eigenvalue weighted by Gasteiger charge is -2.33. The number of nitrogens with zero attached hydrogens (tertiary/aromatic N) is 1.